The molecule has 0 N–H and O–H groups in total. The third kappa shape index (κ3) is 1.77. The van der Waals surface area contributed by atoms with Crippen LogP contribution in [0, 0.1) is 0 Å². The van der Waals surface area contributed by atoms with Crippen LogP contribution in [0.1, 0.15) is 21.5 Å². The lowest BCUT2D eigenvalue weighted by Gasteiger charge is -2.33. The zero-order valence-electron chi connectivity index (χ0n) is 12.3. The molecule has 3 aromatic rings. The number of hydrogen-bond acceptors (Lipinski definition) is 2. The molecule has 23 heavy (non-hydrogen) atoms. The van der Waals surface area contributed by atoms with E-state index in [1.165, 1.54) is 0 Å². The summed E-state index contributed by atoms with van der Waals surface area (Å²) in [5.41, 5.74) is 0.900. The summed E-state index contributed by atoms with van der Waals surface area (Å²) in [6, 6.07) is 25.5. The Morgan fingerprint density at radius 1 is 0.652 bits per heavy atom. The van der Waals surface area contributed by atoms with Gasteiger partial charge < -0.3 is 0 Å². The molecule has 1 aliphatic heterocycles. The fourth-order valence-electron chi connectivity index (χ4n) is 3.33. The number of carbonyl (C=O) groups excluding carboxylic acids is 1. The van der Waals surface area contributed by atoms with E-state index in [1.54, 1.807) is 24.3 Å². The largest absolute Gasteiger partial charge is 0.290 e. The van der Waals surface area contributed by atoms with E-state index in [0.29, 0.717) is 22.4 Å². The van der Waals surface area contributed by atoms with E-state index in [0.717, 1.165) is 5.06 Å². The number of rotatable bonds is 2. The Balaban J connectivity index is 2.05. The molecule has 0 fully saturated rings. The molecule has 0 bridgehead atoms. The summed E-state index contributed by atoms with van der Waals surface area (Å²) >= 11 is 0. The number of Topliss-reactive ketones (excluding diaryl/α,β-unsaturated/α-hetero) is 1. The quantitative estimate of drug-likeness (QED) is 0.718. The van der Waals surface area contributed by atoms with Crippen LogP contribution in [0.5, 0.6) is 0 Å². The predicted octanol–water partition coefficient (Wildman–Crippen LogP) is 3.98. The molecule has 0 amide bonds. The van der Waals surface area contributed by atoms with Gasteiger partial charge in [-0.15, -0.1) is 0 Å². The molecule has 0 aliphatic carbocycles. The van der Waals surface area contributed by atoms with Crippen molar-refractivity contribution in [2.24, 2.45) is 0 Å². The maximum atomic E-state index is 13.3. The second-order valence-corrected chi connectivity index (χ2v) is 5.58. The van der Waals surface area contributed by atoms with Gasteiger partial charge in [-0.05, 0) is 23.3 Å². The molecular formula is C20H14NO2. The summed E-state index contributed by atoms with van der Waals surface area (Å²) in [7, 11) is 0. The average molecular weight is 300 g/mol. The van der Waals surface area contributed by atoms with Gasteiger partial charge in [0.05, 0.1) is 5.69 Å². The van der Waals surface area contributed by atoms with Crippen molar-refractivity contribution in [3.8, 4) is 0 Å². The van der Waals surface area contributed by atoms with Crippen molar-refractivity contribution in [1.29, 1.82) is 0 Å². The summed E-state index contributed by atoms with van der Waals surface area (Å²) in [5, 5.41) is 14.1. The second-order valence-electron chi connectivity index (χ2n) is 5.58. The van der Waals surface area contributed by atoms with E-state index in [9.17, 15) is 10.0 Å². The highest BCUT2D eigenvalue weighted by molar-refractivity contribution is 6.15. The minimum Gasteiger partial charge on any atom is -0.290 e. The molecule has 111 valence electrons. The summed E-state index contributed by atoms with van der Waals surface area (Å²) in [5.74, 6) is -0.180. The van der Waals surface area contributed by atoms with E-state index in [-0.39, 0.29) is 5.78 Å². The Labute approximate surface area is 134 Å². The van der Waals surface area contributed by atoms with Crippen molar-refractivity contribution < 1.29 is 10.0 Å². The molecule has 3 aromatic carbocycles. The highest BCUT2D eigenvalue weighted by Gasteiger charge is 2.54. The molecule has 0 atom stereocenters. The standard InChI is InChI=1S/C20H14NO2/c22-19-17-13-7-8-14-18(17)21(23)20(19,15-9-3-1-4-10-15)16-11-5-2-6-12-16/h1-14H. The monoisotopic (exact) mass is 300 g/mol. The smallest absolute Gasteiger partial charge is 0.202 e. The van der Waals surface area contributed by atoms with Gasteiger partial charge in [-0.1, -0.05) is 78.0 Å². The molecule has 4 rings (SSSR count). The summed E-state index contributed by atoms with van der Waals surface area (Å²) in [6.07, 6.45) is 0. The minimum atomic E-state index is -1.35. The Morgan fingerprint density at radius 2 is 1.13 bits per heavy atom. The minimum absolute atomic E-state index is 0.180. The number of ketones is 1. The van der Waals surface area contributed by atoms with Crippen LogP contribution in [-0.2, 0) is 10.7 Å². The highest BCUT2D eigenvalue weighted by Crippen LogP contribution is 2.47. The average Bonchev–Trinajstić information content (AvgIpc) is 2.86. The third-order valence-corrected chi connectivity index (χ3v) is 4.38. The fraction of sp³-hybridized carbons (Fsp3) is 0.0500. The SMILES string of the molecule is [O]N1c2ccccc2C(=O)C1(c1ccccc1)c1ccccc1. The summed E-state index contributed by atoms with van der Waals surface area (Å²) < 4.78 is 0. The van der Waals surface area contributed by atoms with E-state index in [4.69, 9.17) is 0 Å². The first kappa shape index (κ1) is 13.7. The van der Waals surface area contributed by atoms with Gasteiger partial charge in [0.1, 0.15) is 0 Å². The lowest BCUT2D eigenvalue weighted by atomic mass is 9.79. The first-order valence-corrected chi connectivity index (χ1v) is 7.48. The Morgan fingerprint density at radius 3 is 1.65 bits per heavy atom. The number of carbonyl (C=O) groups is 1. The molecule has 3 heteroatoms. The van der Waals surface area contributed by atoms with Gasteiger partial charge in [0.2, 0.25) is 5.78 Å². The lowest BCUT2D eigenvalue weighted by Crippen LogP contribution is -2.46. The molecule has 3 nitrogen and oxygen atoms in total. The Kier molecular flexibility index (Phi) is 3.03. The summed E-state index contributed by atoms with van der Waals surface area (Å²) in [6.45, 7) is 0. The van der Waals surface area contributed by atoms with Crippen molar-refractivity contribution in [2.75, 3.05) is 5.06 Å². The maximum absolute atomic E-state index is 13.3. The van der Waals surface area contributed by atoms with Crippen LogP contribution in [0.25, 0.3) is 0 Å². The topological polar surface area (TPSA) is 40.2 Å². The number of para-hydroxylation sites is 1. The number of anilines is 1. The Hall–Kier alpha value is -2.91. The highest BCUT2D eigenvalue weighted by atomic mass is 16.5. The number of benzene rings is 3. The van der Waals surface area contributed by atoms with Gasteiger partial charge in [-0.2, -0.15) is 5.06 Å². The zero-order valence-corrected chi connectivity index (χ0v) is 12.3. The lowest BCUT2D eigenvalue weighted by molar-refractivity contribution is 0.0717. The second kappa shape index (κ2) is 5.07. The van der Waals surface area contributed by atoms with E-state index >= 15 is 0 Å². The maximum Gasteiger partial charge on any atom is 0.202 e. The predicted molar refractivity (Wildman–Crippen MR) is 87.6 cm³/mol. The van der Waals surface area contributed by atoms with Crippen LogP contribution in [0.4, 0.5) is 5.69 Å². The van der Waals surface area contributed by atoms with Crippen LogP contribution in [0.15, 0.2) is 84.9 Å². The van der Waals surface area contributed by atoms with Crippen LogP contribution in [0.3, 0.4) is 0 Å². The number of fused-ring (bicyclic) bond motifs is 1. The molecule has 0 unspecified atom stereocenters. The van der Waals surface area contributed by atoms with Crippen molar-refractivity contribution in [3.63, 3.8) is 0 Å². The van der Waals surface area contributed by atoms with Gasteiger partial charge in [0.25, 0.3) is 0 Å². The normalized spacial score (nSPS) is 15.5. The molecule has 0 saturated heterocycles. The molecule has 0 saturated carbocycles. The van der Waals surface area contributed by atoms with Crippen molar-refractivity contribution >= 4 is 11.5 Å². The Bertz CT molecular complexity index is 820. The molecule has 0 aromatic heterocycles. The van der Waals surface area contributed by atoms with E-state index in [2.05, 4.69) is 0 Å². The molecule has 1 aliphatic rings. The first-order chi connectivity index (χ1) is 11.3. The van der Waals surface area contributed by atoms with Crippen molar-refractivity contribution in [1.82, 2.24) is 0 Å². The van der Waals surface area contributed by atoms with Gasteiger partial charge in [-0.3, -0.25) is 4.79 Å². The van der Waals surface area contributed by atoms with Crippen LogP contribution in [0.2, 0.25) is 0 Å². The zero-order chi connectivity index (χ0) is 15.9. The molecule has 1 heterocycles. The van der Waals surface area contributed by atoms with Crippen molar-refractivity contribution in [3.05, 3.63) is 102 Å². The summed E-state index contributed by atoms with van der Waals surface area (Å²) in [4.78, 5) is 13.3. The van der Waals surface area contributed by atoms with E-state index < -0.39 is 5.54 Å². The van der Waals surface area contributed by atoms with Crippen LogP contribution >= 0.6 is 0 Å². The van der Waals surface area contributed by atoms with Crippen LogP contribution < -0.4 is 5.06 Å². The van der Waals surface area contributed by atoms with Gasteiger partial charge in [0.15, 0.2) is 5.54 Å². The molecular weight excluding hydrogens is 286 g/mol. The number of hydroxylamine groups is 1. The molecule has 0 spiro atoms. The van der Waals surface area contributed by atoms with Gasteiger partial charge >= 0.3 is 0 Å². The van der Waals surface area contributed by atoms with Crippen LogP contribution in [-0.4, -0.2) is 5.78 Å². The number of nitrogens with zero attached hydrogens (tertiary/aromatic N) is 1. The van der Waals surface area contributed by atoms with Crippen molar-refractivity contribution in [2.45, 2.75) is 5.54 Å². The van der Waals surface area contributed by atoms with Gasteiger partial charge in [0, 0.05) is 5.56 Å². The molecule has 1 radical (unpaired) electrons. The van der Waals surface area contributed by atoms with Gasteiger partial charge in [-0.25, -0.2) is 0 Å². The first-order valence-electron chi connectivity index (χ1n) is 7.48. The third-order valence-electron chi connectivity index (χ3n) is 4.38. The fourth-order valence-corrected chi connectivity index (χ4v) is 3.33. The van der Waals surface area contributed by atoms with E-state index in [1.807, 2.05) is 60.7 Å². The number of hydrogen-bond donors (Lipinski definition) is 0.